The summed E-state index contributed by atoms with van der Waals surface area (Å²) in [5.74, 6) is 0.384. The van der Waals surface area contributed by atoms with E-state index in [0.29, 0.717) is 31.7 Å². The number of fused-ring (bicyclic) bond motifs is 1. The molecule has 0 unspecified atom stereocenters. The van der Waals surface area contributed by atoms with Crippen molar-refractivity contribution in [2.75, 3.05) is 26.2 Å². The first-order valence-electron chi connectivity index (χ1n) is 8.88. The van der Waals surface area contributed by atoms with Gasteiger partial charge in [-0.2, -0.15) is 0 Å². The Balaban J connectivity index is 1.38. The number of rotatable bonds is 2. The fourth-order valence-corrected chi connectivity index (χ4v) is 3.66. The maximum Gasteiger partial charge on any atom is 0.254 e. The highest BCUT2D eigenvalue weighted by Crippen LogP contribution is 2.22. The van der Waals surface area contributed by atoms with Crippen LogP contribution in [0.25, 0.3) is 11.0 Å². The molecule has 1 atom stereocenters. The molecule has 25 heavy (non-hydrogen) atoms. The highest BCUT2D eigenvalue weighted by Gasteiger charge is 2.29. The second kappa shape index (κ2) is 6.70. The number of nitrogens with zero attached hydrogens (tertiary/aromatic N) is 3. The average Bonchev–Trinajstić information content (AvgIpc) is 3.15. The molecule has 6 heteroatoms. The monoisotopic (exact) mass is 338 g/mol. The van der Waals surface area contributed by atoms with E-state index in [1.165, 1.54) is 0 Å². The van der Waals surface area contributed by atoms with Gasteiger partial charge in [-0.15, -0.1) is 0 Å². The van der Waals surface area contributed by atoms with E-state index in [2.05, 4.69) is 22.1 Å². The summed E-state index contributed by atoms with van der Waals surface area (Å²) in [5.41, 5.74) is 2.38. The standard InChI is InChI=1S/C19H22N4O2/c24-18(14-4-2-1-3-5-14)22-8-10-23(11-9-22)19(25)15-6-7-16-17(12-15)21-13-20-16/h1-2,6-7,12-14H,3-5,8-11H2,(H,20,21)/t14-/m1/s1. The van der Waals surface area contributed by atoms with Crippen LogP contribution in [0.3, 0.4) is 0 Å². The Bertz CT molecular complexity index is 818. The number of hydrogen-bond donors (Lipinski definition) is 1. The Kier molecular flexibility index (Phi) is 4.26. The minimum Gasteiger partial charge on any atom is -0.345 e. The van der Waals surface area contributed by atoms with Crippen LogP contribution in [0.1, 0.15) is 29.6 Å². The van der Waals surface area contributed by atoms with Crippen LogP contribution in [-0.2, 0) is 4.79 Å². The summed E-state index contributed by atoms with van der Waals surface area (Å²) in [7, 11) is 0. The predicted molar refractivity (Wildman–Crippen MR) is 95.1 cm³/mol. The maximum absolute atomic E-state index is 12.7. The van der Waals surface area contributed by atoms with Gasteiger partial charge in [0.05, 0.1) is 17.4 Å². The molecule has 2 amide bonds. The van der Waals surface area contributed by atoms with Gasteiger partial charge < -0.3 is 14.8 Å². The summed E-state index contributed by atoms with van der Waals surface area (Å²) in [6.45, 7) is 2.43. The Morgan fingerprint density at radius 1 is 1.08 bits per heavy atom. The van der Waals surface area contributed by atoms with Crippen molar-refractivity contribution in [2.24, 2.45) is 5.92 Å². The third kappa shape index (κ3) is 3.16. The number of aromatic nitrogens is 2. The van der Waals surface area contributed by atoms with Crippen molar-refractivity contribution in [2.45, 2.75) is 19.3 Å². The van der Waals surface area contributed by atoms with E-state index in [-0.39, 0.29) is 17.7 Å². The third-order valence-corrected chi connectivity index (χ3v) is 5.16. The van der Waals surface area contributed by atoms with Crippen LogP contribution in [0.2, 0.25) is 0 Å². The smallest absolute Gasteiger partial charge is 0.254 e. The van der Waals surface area contributed by atoms with Gasteiger partial charge in [-0.05, 0) is 37.5 Å². The van der Waals surface area contributed by atoms with Crippen LogP contribution in [0.5, 0.6) is 0 Å². The van der Waals surface area contributed by atoms with Gasteiger partial charge in [-0.25, -0.2) is 4.98 Å². The summed E-state index contributed by atoms with van der Waals surface area (Å²) < 4.78 is 0. The lowest BCUT2D eigenvalue weighted by atomic mass is 9.93. The van der Waals surface area contributed by atoms with Crippen molar-refractivity contribution in [1.29, 1.82) is 0 Å². The van der Waals surface area contributed by atoms with E-state index < -0.39 is 0 Å². The highest BCUT2D eigenvalue weighted by molar-refractivity contribution is 5.97. The van der Waals surface area contributed by atoms with E-state index in [9.17, 15) is 9.59 Å². The van der Waals surface area contributed by atoms with Gasteiger partial charge in [0, 0.05) is 37.7 Å². The summed E-state index contributed by atoms with van der Waals surface area (Å²) in [6, 6.07) is 5.52. The van der Waals surface area contributed by atoms with Crippen LogP contribution in [-0.4, -0.2) is 57.8 Å². The molecule has 1 aromatic carbocycles. The van der Waals surface area contributed by atoms with Gasteiger partial charge in [0.15, 0.2) is 0 Å². The van der Waals surface area contributed by atoms with Gasteiger partial charge >= 0.3 is 0 Å². The highest BCUT2D eigenvalue weighted by atomic mass is 16.2. The van der Waals surface area contributed by atoms with E-state index in [0.717, 1.165) is 30.3 Å². The molecule has 0 spiro atoms. The number of imidazole rings is 1. The van der Waals surface area contributed by atoms with Crippen LogP contribution in [0.4, 0.5) is 0 Å². The third-order valence-electron chi connectivity index (χ3n) is 5.16. The number of carbonyl (C=O) groups excluding carboxylic acids is 2. The summed E-state index contributed by atoms with van der Waals surface area (Å²) >= 11 is 0. The van der Waals surface area contributed by atoms with Crippen LogP contribution >= 0.6 is 0 Å². The van der Waals surface area contributed by atoms with E-state index >= 15 is 0 Å². The van der Waals surface area contributed by atoms with Gasteiger partial charge in [0.2, 0.25) is 5.91 Å². The minimum atomic E-state index is 0.0178. The fraction of sp³-hybridized carbons (Fsp3) is 0.421. The second-order valence-electron chi connectivity index (χ2n) is 6.73. The van der Waals surface area contributed by atoms with E-state index in [1.54, 1.807) is 6.33 Å². The van der Waals surface area contributed by atoms with E-state index in [4.69, 9.17) is 0 Å². The number of piperazine rings is 1. The van der Waals surface area contributed by atoms with Gasteiger partial charge in [-0.3, -0.25) is 9.59 Å². The average molecular weight is 338 g/mol. The molecule has 1 aliphatic heterocycles. The number of nitrogens with one attached hydrogen (secondary N) is 1. The fourth-order valence-electron chi connectivity index (χ4n) is 3.66. The molecular weight excluding hydrogens is 316 g/mol. The van der Waals surface area contributed by atoms with Crippen LogP contribution in [0.15, 0.2) is 36.7 Å². The van der Waals surface area contributed by atoms with Crippen molar-refractivity contribution in [3.63, 3.8) is 0 Å². The van der Waals surface area contributed by atoms with Crippen molar-refractivity contribution < 1.29 is 9.59 Å². The Labute approximate surface area is 146 Å². The number of benzene rings is 1. The molecule has 0 radical (unpaired) electrons. The summed E-state index contributed by atoms with van der Waals surface area (Å²) in [4.78, 5) is 36.3. The Morgan fingerprint density at radius 3 is 2.64 bits per heavy atom. The predicted octanol–water partition coefficient (Wildman–Crippen LogP) is 2.20. The van der Waals surface area contributed by atoms with Gasteiger partial charge in [0.1, 0.15) is 0 Å². The van der Waals surface area contributed by atoms with Gasteiger partial charge in [-0.1, -0.05) is 12.2 Å². The largest absolute Gasteiger partial charge is 0.345 e. The number of amides is 2. The zero-order chi connectivity index (χ0) is 17.2. The first-order valence-corrected chi connectivity index (χ1v) is 8.88. The maximum atomic E-state index is 12.7. The molecule has 1 aliphatic carbocycles. The molecule has 1 aromatic heterocycles. The Morgan fingerprint density at radius 2 is 1.88 bits per heavy atom. The molecule has 1 fully saturated rings. The zero-order valence-corrected chi connectivity index (χ0v) is 14.1. The second-order valence-corrected chi connectivity index (χ2v) is 6.73. The van der Waals surface area contributed by atoms with Crippen molar-refractivity contribution >= 4 is 22.8 Å². The first-order chi connectivity index (χ1) is 12.2. The molecule has 130 valence electrons. The topological polar surface area (TPSA) is 69.3 Å². The molecule has 0 saturated carbocycles. The summed E-state index contributed by atoms with van der Waals surface area (Å²) in [5, 5.41) is 0. The first kappa shape index (κ1) is 15.9. The molecule has 4 rings (SSSR count). The lowest BCUT2D eigenvalue weighted by molar-refractivity contribution is -0.137. The number of carbonyl (C=O) groups is 2. The lowest BCUT2D eigenvalue weighted by Crippen LogP contribution is -2.52. The lowest BCUT2D eigenvalue weighted by Gasteiger charge is -2.36. The number of allylic oxidation sites excluding steroid dienone is 2. The van der Waals surface area contributed by atoms with Crippen LogP contribution < -0.4 is 0 Å². The zero-order valence-electron chi connectivity index (χ0n) is 14.1. The number of H-pyrrole nitrogens is 1. The molecule has 6 nitrogen and oxygen atoms in total. The minimum absolute atomic E-state index is 0.0178. The van der Waals surface area contributed by atoms with Crippen LogP contribution in [0, 0.1) is 5.92 Å². The quantitative estimate of drug-likeness (QED) is 0.854. The Hall–Kier alpha value is -2.63. The normalized spacial score (nSPS) is 20.9. The molecule has 1 N–H and O–H groups in total. The number of hydrogen-bond acceptors (Lipinski definition) is 3. The molecule has 1 saturated heterocycles. The number of aromatic amines is 1. The molecule has 2 heterocycles. The van der Waals surface area contributed by atoms with Crippen molar-refractivity contribution in [3.8, 4) is 0 Å². The SMILES string of the molecule is O=C(c1ccc2nc[nH]c2c1)N1CCN(C(=O)[C@@H]2CC=CCC2)CC1. The van der Waals surface area contributed by atoms with E-state index in [1.807, 2.05) is 28.0 Å². The molecule has 0 bridgehead atoms. The molecule has 2 aliphatic rings. The molecule has 2 aromatic rings. The van der Waals surface area contributed by atoms with Gasteiger partial charge in [0.25, 0.3) is 5.91 Å². The van der Waals surface area contributed by atoms with Crippen molar-refractivity contribution in [1.82, 2.24) is 19.8 Å². The van der Waals surface area contributed by atoms with Crippen molar-refractivity contribution in [3.05, 3.63) is 42.2 Å². The summed E-state index contributed by atoms with van der Waals surface area (Å²) in [6.07, 6.45) is 8.67. The molecular formula is C19H22N4O2.